The van der Waals surface area contributed by atoms with E-state index in [1.807, 2.05) is 42.5 Å². The molecule has 0 bridgehead atoms. The number of imide groups is 1. The molecule has 1 aliphatic rings. The molecule has 3 rings (SSSR count). The van der Waals surface area contributed by atoms with Gasteiger partial charge in [0.15, 0.2) is 0 Å². The number of hydrogen-bond acceptors (Lipinski definition) is 3. The molecule has 4 heteroatoms. The average Bonchev–Trinajstić information content (AvgIpc) is 2.84. The Morgan fingerprint density at radius 3 is 2.29 bits per heavy atom. The molecule has 0 atom stereocenters. The Morgan fingerprint density at radius 2 is 1.67 bits per heavy atom. The van der Waals surface area contributed by atoms with Gasteiger partial charge in [-0.15, -0.1) is 0 Å². The van der Waals surface area contributed by atoms with Gasteiger partial charge < -0.3 is 0 Å². The van der Waals surface area contributed by atoms with Crippen molar-refractivity contribution in [3.05, 3.63) is 76.2 Å². The fourth-order valence-electron chi connectivity index (χ4n) is 2.53. The highest BCUT2D eigenvalue weighted by molar-refractivity contribution is 8.18. The van der Waals surface area contributed by atoms with Crippen LogP contribution in [0.2, 0.25) is 0 Å². The van der Waals surface area contributed by atoms with Crippen molar-refractivity contribution in [3.8, 4) is 0 Å². The summed E-state index contributed by atoms with van der Waals surface area (Å²) >= 11 is 1.00. The van der Waals surface area contributed by atoms with Crippen molar-refractivity contribution in [1.82, 2.24) is 4.90 Å². The minimum Gasteiger partial charge on any atom is -0.268 e. The molecule has 0 saturated carbocycles. The van der Waals surface area contributed by atoms with Crippen LogP contribution in [0, 0.1) is 0 Å². The van der Waals surface area contributed by atoms with E-state index in [2.05, 4.69) is 26.0 Å². The minimum absolute atomic E-state index is 0.214. The second-order valence-electron chi connectivity index (χ2n) is 6.07. The molecule has 1 fully saturated rings. The standard InChI is InChI=1S/C20H19NO2S/c1-14(2)17-10-8-15(9-11-17)12-18-19(22)21(20(23)24-18)13-16-6-4-3-5-7-16/h3-12,14H,13H2,1-2H3/b18-12-. The van der Waals surface area contributed by atoms with Crippen LogP contribution in [-0.2, 0) is 11.3 Å². The van der Waals surface area contributed by atoms with Crippen molar-refractivity contribution < 1.29 is 9.59 Å². The van der Waals surface area contributed by atoms with E-state index in [0.29, 0.717) is 17.4 Å². The van der Waals surface area contributed by atoms with Crippen LogP contribution < -0.4 is 0 Å². The van der Waals surface area contributed by atoms with Gasteiger partial charge in [-0.3, -0.25) is 14.5 Å². The first kappa shape index (κ1) is 16.5. The summed E-state index contributed by atoms with van der Waals surface area (Å²) in [4.78, 5) is 26.5. The predicted octanol–water partition coefficient (Wildman–Crippen LogP) is 5.05. The highest BCUT2D eigenvalue weighted by Gasteiger charge is 2.34. The molecule has 2 aromatic carbocycles. The summed E-state index contributed by atoms with van der Waals surface area (Å²) in [5.74, 6) is 0.249. The van der Waals surface area contributed by atoms with Crippen LogP contribution >= 0.6 is 11.8 Å². The van der Waals surface area contributed by atoms with Crippen molar-refractivity contribution in [2.45, 2.75) is 26.3 Å². The maximum atomic E-state index is 12.5. The number of amides is 2. The SMILES string of the molecule is CC(C)c1ccc(/C=C2\SC(=O)N(Cc3ccccc3)C2=O)cc1. The monoisotopic (exact) mass is 337 g/mol. The zero-order chi connectivity index (χ0) is 17.1. The largest absolute Gasteiger partial charge is 0.293 e. The Bertz CT molecular complexity index is 779. The first-order valence-electron chi connectivity index (χ1n) is 7.94. The van der Waals surface area contributed by atoms with Crippen molar-refractivity contribution in [3.63, 3.8) is 0 Å². The van der Waals surface area contributed by atoms with Gasteiger partial charge in [-0.05, 0) is 40.4 Å². The number of benzene rings is 2. The Balaban J connectivity index is 1.78. The summed E-state index contributed by atoms with van der Waals surface area (Å²) in [7, 11) is 0. The van der Waals surface area contributed by atoms with Gasteiger partial charge in [-0.1, -0.05) is 68.4 Å². The molecule has 3 nitrogen and oxygen atoms in total. The van der Waals surface area contributed by atoms with Gasteiger partial charge in [0.05, 0.1) is 11.4 Å². The Hall–Kier alpha value is -2.33. The summed E-state index contributed by atoms with van der Waals surface area (Å²) in [5.41, 5.74) is 3.14. The molecule has 0 aliphatic carbocycles. The lowest BCUT2D eigenvalue weighted by Gasteiger charge is -2.12. The van der Waals surface area contributed by atoms with Crippen LogP contribution in [0.1, 0.15) is 36.5 Å². The van der Waals surface area contributed by atoms with Crippen LogP contribution in [0.5, 0.6) is 0 Å². The molecule has 0 radical (unpaired) electrons. The molecular weight excluding hydrogens is 318 g/mol. The molecule has 0 aromatic heterocycles. The molecule has 122 valence electrons. The number of rotatable bonds is 4. The lowest BCUT2D eigenvalue weighted by atomic mass is 10.0. The molecule has 24 heavy (non-hydrogen) atoms. The second-order valence-corrected chi connectivity index (χ2v) is 7.07. The van der Waals surface area contributed by atoms with Crippen LogP contribution in [0.3, 0.4) is 0 Å². The summed E-state index contributed by atoms with van der Waals surface area (Å²) in [6.07, 6.45) is 1.79. The lowest BCUT2D eigenvalue weighted by molar-refractivity contribution is -0.123. The van der Waals surface area contributed by atoms with E-state index < -0.39 is 0 Å². The van der Waals surface area contributed by atoms with E-state index in [1.165, 1.54) is 10.5 Å². The van der Waals surface area contributed by atoms with Gasteiger partial charge in [0.1, 0.15) is 0 Å². The van der Waals surface area contributed by atoms with Crippen molar-refractivity contribution in [2.24, 2.45) is 0 Å². The van der Waals surface area contributed by atoms with Crippen LogP contribution in [0.4, 0.5) is 4.79 Å². The summed E-state index contributed by atoms with van der Waals surface area (Å²) in [6.45, 7) is 4.60. The Morgan fingerprint density at radius 1 is 1.00 bits per heavy atom. The summed E-state index contributed by atoms with van der Waals surface area (Å²) < 4.78 is 0. The fraction of sp³-hybridized carbons (Fsp3) is 0.200. The quantitative estimate of drug-likeness (QED) is 0.733. The molecule has 1 heterocycles. The second kappa shape index (κ2) is 7.05. The predicted molar refractivity (Wildman–Crippen MR) is 98.5 cm³/mol. The third-order valence-corrected chi connectivity index (χ3v) is 4.87. The van der Waals surface area contributed by atoms with Crippen LogP contribution in [-0.4, -0.2) is 16.0 Å². The first-order chi connectivity index (χ1) is 11.5. The van der Waals surface area contributed by atoms with Crippen LogP contribution in [0.15, 0.2) is 59.5 Å². The molecule has 1 aliphatic heterocycles. The highest BCUT2D eigenvalue weighted by atomic mass is 32.2. The molecule has 2 aromatic rings. The maximum Gasteiger partial charge on any atom is 0.293 e. The Kier molecular flexibility index (Phi) is 4.86. The average molecular weight is 337 g/mol. The first-order valence-corrected chi connectivity index (χ1v) is 8.75. The van der Waals surface area contributed by atoms with E-state index in [9.17, 15) is 9.59 Å². The van der Waals surface area contributed by atoms with Gasteiger partial charge >= 0.3 is 0 Å². The molecule has 1 saturated heterocycles. The van der Waals surface area contributed by atoms with Gasteiger partial charge in [0.25, 0.3) is 11.1 Å². The van der Waals surface area contributed by atoms with Gasteiger partial charge in [-0.2, -0.15) is 0 Å². The fourth-order valence-corrected chi connectivity index (χ4v) is 3.37. The zero-order valence-corrected chi connectivity index (χ0v) is 14.5. The molecule has 0 N–H and O–H groups in total. The highest BCUT2D eigenvalue weighted by Crippen LogP contribution is 2.33. The number of hydrogen-bond donors (Lipinski definition) is 0. The lowest BCUT2D eigenvalue weighted by Crippen LogP contribution is -2.27. The number of thioether (sulfide) groups is 1. The van der Waals surface area contributed by atoms with Gasteiger partial charge in [-0.25, -0.2) is 0 Å². The Labute approximate surface area is 146 Å². The number of nitrogens with zero attached hydrogens (tertiary/aromatic N) is 1. The van der Waals surface area contributed by atoms with Gasteiger partial charge in [0, 0.05) is 0 Å². The topological polar surface area (TPSA) is 37.4 Å². The molecular formula is C20H19NO2S. The summed E-state index contributed by atoms with van der Waals surface area (Å²) in [6, 6.07) is 17.6. The maximum absolute atomic E-state index is 12.5. The minimum atomic E-state index is -0.221. The van der Waals surface area contributed by atoms with E-state index in [0.717, 1.165) is 22.9 Å². The van der Waals surface area contributed by atoms with Crippen LogP contribution in [0.25, 0.3) is 6.08 Å². The molecule has 2 amide bonds. The third kappa shape index (κ3) is 3.60. The smallest absolute Gasteiger partial charge is 0.268 e. The normalized spacial score (nSPS) is 16.5. The van der Waals surface area contributed by atoms with Gasteiger partial charge in [0.2, 0.25) is 0 Å². The summed E-state index contributed by atoms with van der Waals surface area (Å²) in [5, 5.41) is -0.214. The van der Waals surface area contributed by atoms with E-state index in [-0.39, 0.29) is 11.1 Å². The molecule has 0 unspecified atom stereocenters. The zero-order valence-electron chi connectivity index (χ0n) is 13.7. The van der Waals surface area contributed by atoms with E-state index in [4.69, 9.17) is 0 Å². The van der Waals surface area contributed by atoms with Crippen molar-refractivity contribution in [1.29, 1.82) is 0 Å². The van der Waals surface area contributed by atoms with Crippen molar-refractivity contribution >= 4 is 29.0 Å². The van der Waals surface area contributed by atoms with E-state index >= 15 is 0 Å². The number of carbonyl (C=O) groups excluding carboxylic acids is 2. The van der Waals surface area contributed by atoms with Crippen molar-refractivity contribution in [2.75, 3.05) is 0 Å². The van der Waals surface area contributed by atoms with E-state index in [1.54, 1.807) is 6.08 Å². The number of carbonyl (C=O) groups is 2. The molecule has 0 spiro atoms. The third-order valence-electron chi connectivity index (χ3n) is 3.96.